The minimum atomic E-state index is -1.56. The van der Waals surface area contributed by atoms with Gasteiger partial charge in [0, 0.05) is 18.7 Å². The SMILES string of the molecule is C=CCCOCCNc1cc(F)c(C(=O)O)cc1[N+](=O)[O-]. The molecule has 0 aliphatic carbocycles. The summed E-state index contributed by atoms with van der Waals surface area (Å²) in [5.74, 6) is -2.60. The van der Waals surface area contributed by atoms with E-state index in [0.717, 1.165) is 6.07 Å². The number of hydrogen-bond acceptors (Lipinski definition) is 5. The lowest BCUT2D eigenvalue weighted by Crippen LogP contribution is -2.12. The Balaban J connectivity index is 2.77. The van der Waals surface area contributed by atoms with Crippen LogP contribution < -0.4 is 5.32 Å². The molecular weight excluding hydrogens is 283 g/mol. The highest BCUT2D eigenvalue weighted by atomic mass is 19.1. The molecule has 0 saturated heterocycles. The molecule has 0 saturated carbocycles. The quantitative estimate of drug-likeness (QED) is 0.314. The molecule has 0 aliphatic heterocycles. The van der Waals surface area contributed by atoms with Crippen LogP contribution >= 0.6 is 0 Å². The number of nitrogens with zero attached hydrogens (tertiary/aromatic N) is 1. The molecule has 1 aromatic rings. The number of anilines is 1. The van der Waals surface area contributed by atoms with Crippen LogP contribution in [0, 0.1) is 15.9 Å². The Morgan fingerprint density at radius 1 is 1.52 bits per heavy atom. The van der Waals surface area contributed by atoms with Gasteiger partial charge in [-0.15, -0.1) is 6.58 Å². The molecule has 0 spiro atoms. The summed E-state index contributed by atoms with van der Waals surface area (Å²) >= 11 is 0. The molecule has 7 nitrogen and oxygen atoms in total. The molecule has 2 N–H and O–H groups in total. The fourth-order valence-corrected chi connectivity index (χ4v) is 1.54. The van der Waals surface area contributed by atoms with Gasteiger partial charge in [0.05, 0.1) is 18.1 Å². The van der Waals surface area contributed by atoms with E-state index in [4.69, 9.17) is 9.84 Å². The van der Waals surface area contributed by atoms with Crippen molar-refractivity contribution in [1.29, 1.82) is 0 Å². The van der Waals surface area contributed by atoms with Gasteiger partial charge in [-0.3, -0.25) is 10.1 Å². The van der Waals surface area contributed by atoms with Crippen LogP contribution in [0.25, 0.3) is 0 Å². The first-order valence-electron chi connectivity index (χ1n) is 6.11. The first kappa shape index (κ1) is 16.6. The maximum Gasteiger partial charge on any atom is 0.338 e. The van der Waals surface area contributed by atoms with Crippen LogP contribution in [0.3, 0.4) is 0 Å². The molecule has 0 fully saturated rings. The standard InChI is InChI=1S/C13H15FN2O5/c1-2-3-5-21-6-4-15-11-8-10(14)9(13(17)18)7-12(11)16(19)20/h2,7-8,15H,1,3-6H2,(H,17,18). The Bertz CT molecular complexity index is 548. The number of nitro benzene ring substituents is 1. The fourth-order valence-electron chi connectivity index (χ4n) is 1.54. The van der Waals surface area contributed by atoms with E-state index in [1.165, 1.54) is 0 Å². The highest BCUT2D eigenvalue weighted by Gasteiger charge is 2.21. The smallest absolute Gasteiger partial charge is 0.338 e. The van der Waals surface area contributed by atoms with Gasteiger partial charge in [-0.25, -0.2) is 9.18 Å². The Labute approximate surface area is 120 Å². The van der Waals surface area contributed by atoms with Gasteiger partial charge in [-0.2, -0.15) is 0 Å². The molecule has 0 aliphatic rings. The largest absolute Gasteiger partial charge is 0.478 e. The summed E-state index contributed by atoms with van der Waals surface area (Å²) < 4.78 is 18.7. The van der Waals surface area contributed by atoms with Crippen molar-refractivity contribution in [3.05, 3.63) is 46.3 Å². The zero-order chi connectivity index (χ0) is 15.8. The second-order valence-electron chi connectivity index (χ2n) is 4.03. The van der Waals surface area contributed by atoms with E-state index in [1.54, 1.807) is 6.08 Å². The summed E-state index contributed by atoms with van der Waals surface area (Å²) in [5, 5.41) is 22.3. The molecule has 0 aromatic heterocycles. The van der Waals surface area contributed by atoms with Gasteiger partial charge in [0.1, 0.15) is 17.1 Å². The zero-order valence-electron chi connectivity index (χ0n) is 11.2. The van der Waals surface area contributed by atoms with Crippen LogP contribution in [0.4, 0.5) is 15.8 Å². The van der Waals surface area contributed by atoms with Gasteiger partial charge in [-0.1, -0.05) is 6.08 Å². The molecule has 21 heavy (non-hydrogen) atoms. The lowest BCUT2D eigenvalue weighted by atomic mass is 10.1. The number of rotatable bonds is 9. The van der Waals surface area contributed by atoms with E-state index in [0.29, 0.717) is 19.1 Å². The van der Waals surface area contributed by atoms with Gasteiger partial charge >= 0.3 is 5.97 Å². The van der Waals surface area contributed by atoms with Crippen LogP contribution in [0.15, 0.2) is 24.8 Å². The number of aromatic carboxylic acids is 1. The molecule has 0 unspecified atom stereocenters. The average molecular weight is 298 g/mol. The van der Waals surface area contributed by atoms with Gasteiger partial charge < -0.3 is 15.2 Å². The van der Waals surface area contributed by atoms with Crippen molar-refractivity contribution in [3.63, 3.8) is 0 Å². The molecule has 114 valence electrons. The number of carboxylic acids is 1. The van der Waals surface area contributed by atoms with E-state index < -0.39 is 28.0 Å². The summed E-state index contributed by atoms with van der Waals surface area (Å²) in [5.41, 5.74) is -1.33. The Kier molecular flexibility index (Phi) is 6.28. The maximum atomic E-state index is 13.5. The minimum Gasteiger partial charge on any atom is -0.478 e. The third-order valence-corrected chi connectivity index (χ3v) is 2.54. The molecule has 0 radical (unpaired) electrons. The maximum absolute atomic E-state index is 13.5. The first-order chi connectivity index (χ1) is 9.97. The van der Waals surface area contributed by atoms with Crippen LogP contribution in [-0.4, -0.2) is 35.8 Å². The fraction of sp³-hybridized carbons (Fsp3) is 0.308. The van der Waals surface area contributed by atoms with E-state index in [1.807, 2.05) is 0 Å². The number of hydrogen-bond donors (Lipinski definition) is 2. The van der Waals surface area contributed by atoms with E-state index >= 15 is 0 Å². The van der Waals surface area contributed by atoms with E-state index in [2.05, 4.69) is 11.9 Å². The first-order valence-corrected chi connectivity index (χ1v) is 6.11. The molecule has 0 heterocycles. The summed E-state index contributed by atoms with van der Waals surface area (Å²) in [6, 6.07) is 1.49. The topological polar surface area (TPSA) is 102 Å². The lowest BCUT2D eigenvalue weighted by Gasteiger charge is -2.09. The van der Waals surface area contributed by atoms with Crippen LogP contribution in [0.5, 0.6) is 0 Å². The number of nitro groups is 1. The molecule has 0 atom stereocenters. The average Bonchev–Trinajstić information content (AvgIpc) is 2.42. The van der Waals surface area contributed by atoms with Crippen molar-refractivity contribution >= 4 is 17.3 Å². The van der Waals surface area contributed by atoms with Gasteiger partial charge in [0.2, 0.25) is 0 Å². The van der Waals surface area contributed by atoms with Crippen LogP contribution in [0.2, 0.25) is 0 Å². The molecule has 0 bridgehead atoms. The van der Waals surface area contributed by atoms with Crippen molar-refractivity contribution in [1.82, 2.24) is 0 Å². The number of halogens is 1. The van der Waals surface area contributed by atoms with Crippen molar-refractivity contribution in [2.45, 2.75) is 6.42 Å². The van der Waals surface area contributed by atoms with E-state index in [9.17, 15) is 19.3 Å². The summed E-state index contributed by atoms with van der Waals surface area (Å²) in [6.45, 7) is 4.50. The predicted octanol–water partition coefficient (Wildman–Crippen LogP) is 2.44. The third kappa shape index (κ3) is 4.84. The predicted molar refractivity (Wildman–Crippen MR) is 74.1 cm³/mol. The number of nitrogens with one attached hydrogen (secondary N) is 1. The summed E-state index contributed by atoms with van der Waals surface area (Å²) in [4.78, 5) is 20.9. The third-order valence-electron chi connectivity index (χ3n) is 2.54. The number of carbonyl (C=O) groups is 1. The lowest BCUT2D eigenvalue weighted by molar-refractivity contribution is -0.384. The van der Waals surface area contributed by atoms with Crippen molar-refractivity contribution in [2.75, 3.05) is 25.1 Å². The normalized spacial score (nSPS) is 10.1. The van der Waals surface area contributed by atoms with Gasteiger partial charge in [-0.05, 0) is 6.42 Å². The van der Waals surface area contributed by atoms with E-state index in [-0.39, 0.29) is 18.8 Å². The van der Waals surface area contributed by atoms with Crippen LogP contribution in [0.1, 0.15) is 16.8 Å². The number of benzene rings is 1. The summed E-state index contributed by atoms with van der Waals surface area (Å²) in [6.07, 6.45) is 2.38. The van der Waals surface area contributed by atoms with Crippen LogP contribution in [-0.2, 0) is 4.74 Å². The molecular formula is C13H15FN2O5. The monoisotopic (exact) mass is 298 g/mol. The Morgan fingerprint density at radius 3 is 2.81 bits per heavy atom. The minimum absolute atomic E-state index is 0.0881. The number of ether oxygens (including phenoxy) is 1. The van der Waals surface area contributed by atoms with Crippen molar-refractivity contribution in [3.8, 4) is 0 Å². The molecule has 1 aromatic carbocycles. The Hall–Kier alpha value is -2.48. The second kappa shape index (κ2) is 7.95. The molecule has 1 rings (SSSR count). The summed E-state index contributed by atoms with van der Waals surface area (Å²) in [7, 11) is 0. The van der Waals surface area contributed by atoms with Gasteiger partial charge in [0.15, 0.2) is 0 Å². The second-order valence-corrected chi connectivity index (χ2v) is 4.03. The molecule has 8 heteroatoms. The van der Waals surface area contributed by atoms with Crippen molar-refractivity contribution < 1.29 is 24.0 Å². The Morgan fingerprint density at radius 2 is 2.24 bits per heavy atom. The van der Waals surface area contributed by atoms with Crippen molar-refractivity contribution in [2.24, 2.45) is 0 Å². The number of carboxylic acid groups (broad SMARTS) is 1. The highest BCUT2D eigenvalue weighted by Crippen LogP contribution is 2.27. The highest BCUT2D eigenvalue weighted by molar-refractivity contribution is 5.90. The zero-order valence-corrected chi connectivity index (χ0v) is 11.2. The molecule has 0 amide bonds. The van der Waals surface area contributed by atoms with Gasteiger partial charge in [0.25, 0.3) is 5.69 Å².